The quantitative estimate of drug-likeness (QED) is 0.504. The SMILES string of the molecule is CC(=O)c1ccc(S(=O)(=O)NCCC(=O)OCC(=O)c2ccc(F)cc2)cc1. The Bertz CT molecular complexity index is 968. The molecule has 2 aromatic rings. The van der Waals surface area contributed by atoms with E-state index in [-0.39, 0.29) is 29.2 Å². The molecule has 2 aromatic carbocycles. The minimum atomic E-state index is -3.85. The lowest BCUT2D eigenvalue weighted by molar-refractivity contribution is -0.142. The fourth-order valence-electron chi connectivity index (χ4n) is 2.18. The zero-order chi connectivity index (χ0) is 20.7. The number of rotatable bonds is 9. The van der Waals surface area contributed by atoms with Gasteiger partial charge in [-0.05, 0) is 43.3 Å². The van der Waals surface area contributed by atoms with Crippen molar-refractivity contribution in [2.45, 2.75) is 18.2 Å². The molecule has 0 saturated carbocycles. The van der Waals surface area contributed by atoms with Crippen molar-refractivity contribution in [2.75, 3.05) is 13.2 Å². The number of hydrogen-bond acceptors (Lipinski definition) is 6. The van der Waals surface area contributed by atoms with Crippen LogP contribution in [0.1, 0.15) is 34.1 Å². The molecule has 28 heavy (non-hydrogen) atoms. The number of carbonyl (C=O) groups excluding carboxylic acids is 3. The first kappa shape index (κ1) is 21.4. The molecule has 7 nitrogen and oxygen atoms in total. The molecule has 0 heterocycles. The van der Waals surface area contributed by atoms with Crippen molar-refractivity contribution < 1.29 is 31.9 Å². The van der Waals surface area contributed by atoms with Crippen LogP contribution in [0, 0.1) is 5.82 Å². The number of ketones is 2. The average Bonchev–Trinajstić information content (AvgIpc) is 2.66. The fraction of sp³-hybridized carbons (Fsp3) is 0.211. The summed E-state index contributed by atoms with van der Waals surface area (Å²) < 4.78 is 44.1. The van der Waals surface area contributed by atoms with Gasteiger partial charge in [0.05, 0.1) is 11.3 Å². The third-order valence-corrected chi connectivity index (χ3v) is 5.20. The van der Waals surface area contributed by atoms with Crippen LogP contribution in [0.15, 0.2) is 53.4 Å². The van der Waals surface area contributed by atoms with E-state index < -0.39 is 34.2 Å². The summed E-state index contributed by atoms with van der Waals surface area (Å²) >= 11 is 0. The highest BCUT2D eigenvalue weighted by Crippen LogP contribution is 2.11. The first-order valence-electron chi connectivity index (χ1n) is 8.24. The molecular weight excluding hydrogens is 389 g/mol. The average molecular weight is 407 g/mol. The first-order valence-corrected chi connectivity index (χ1v) is 9.72. The van der Waals surface area contributed by atoms with Crippen molar-refractivity contribution in [3.63, 3.8) is 0 Å². The van der Waals surface area contributed by atoms with E-state index >= 15 is 0 Å². The van der Waals surface area contributed by atoms with E-state index in [2.05, 4.69) is 4.72 Å². The number of sulfonamides is 1. The Kier molecular flexibility index (Phi) is 7.13. The summed E-state index contributed by atoms with van der Waals surface area (Å²) in [6.45, 7) is 0.623. The molecule has 0 unspecified atom stereocenters. The molecule has 0 aliphatic heterocycles. The summed E-state index contributed by atoms with van der Waals surface area (Å²) in [6.07, 6.45) is -0.276. The number of Topliss-reactive ketones (excluding diaryl/α,β-unsaturated/α-hetero) is 2. The number of ether oxygens (including phenoxy) is 1. The van der Waals surface area contributed by atoms with E-state index in [0.29, 0.717) is 5.56 Å². The molecule has 0 aromatic heterocycles. The lowest BCUT2D eigenvalue weighted by Crippen LogP contribution is -2.27. The molecule has 2 rings (SSSR count). The van der Waals surface area contributed by atoms with Gasteiger partial charge in [-0.3, -0.25) is 14.4 Å². The van der Waals surface area contributed by atoms with Gasteiger partial charge in [-0.2, -0.15) is 0 Å². The van der Waals surface area contributed by atoms with Gasteiger partial charge < -0.3 is 4.74 Å². The van der Waals surface area contributed by atoms with Gasteiger partial charge in [0.15, 0.2) is 18.2 Å². The topological polar surface area (TPSA) is 107 Å². The Morgan fingerprint density at radius 3 is 2.11 bits per heavy atom. The number of halogens is 1. The van der Waals surface area contributed by atoms with Crippen molar-refractivity contribution in [1.29, 1.82) is 0 Å². The van der Waals surface area contributed by atoms with Crippen molar-refractivity contribution in [3.05, 3.63) is 65.5 Å². The van der Waals surface area contributed by atoms with Gasteiger partial charge in [0.2, 0.25) is 10.0 Å². The van der Waals surface area contributed by atoms with E-state index in [9.17, 15) is 27.2 Å². The van der Waals surface area contributed by atoms with Crippen LogP contribution < -0.4 is 4.72 Å². The molecule has 0 amide bonds. The Labute approximate surface area is 161 Å². The van der Waals surface area contributed by atoms with Crippen LogP contribution in [-0.4, -0.2) is 39.1 Å². The maximum atomic E-state index is 12.8. The Morgan fingerprint density at radius 1 is 0.964 bits per heavy atom. The largest absolute Gasteiger partial charge is 0.457 e. The normalized spacial score (nSPS) is 11.1. The highest BCUT2D eigenvalue weighted by atomic mass is 32.2. The Morgan fingerprint density at radius 2 is 1.54 bits per heavy atom. The van der Waals surface area contributed by atoms with Crippen LogP contribution >= 0.6 is 0 Å². The fourth-order valence-corrected chi connectivity index (χ4v) is 3.21. The summed E-state index contributed by atoms with van der Waals surface area (Å²) in [5.74, 6) is -1.93. The summed E-state index contributed by atoms with van der Waals surface area (Å²) in [5.41, 5.74) is 0.581. The molecule has 148 valence electrons. The first-order chi connectivity index (χ1) is 13.2. The molecule has 0 aliphatic rings. The van der Waals surface area contributed by atoms with Crippen LogP contribution in [0.3, 0.4) is 0 Å². The molecule has 0 aliphatic carbocycles. The number of nitrogens with one attached hydrogen (secondary N) is 1. The predicted octanol–water partition coefficient (Wildman–Crippen LogP) is 2.12. The highest BCUT2D eigenvalue weighted by Gasteiger charge is 2.16. The standard InChI is InChI=1S/C19H18FNO6S/c1-13(22)14-4-8-17(9-5-14)28(25,26)21-11-10-19(24)27-12-18(23)15-2-6-16(20)7-3-15/h2-9,21H,10-12H2,1H3. The smallest absolute Gasteiger partial charge is 0.307 e. The van der Waals surface area contributed by atoms with Crippen LogP contribution in [0.5, 0.6) is 0 Å². The van der Waals surface area contributed by atoms with Crippen LogP contribution in [-0.2, 0) is 19.6 Å². The summed E-state index contributed by atoms with van der Waals surface area (Å²) in [5, 5.41) is 0. The third kappa shape index (κ3) is 6.07. The summed E-state index contributed by atoms with van der Waals surface area (Å²) in [7, 11) is -3.85. The molecule has 0 saturated heterocycles. The number of hydrogen-bond donors (Lipinski definition) is 1. The van der Waals surface area contributed by atoms with Gasteiger partial charge in [0.25, 0.3) is 0 Å². The molecule has 0 spiro atoms. The van der Waals surface area contributed by atoms with Gasteiger partial charge >= 0.3 is 5.97 Å². The molecule has 1 N–H and O–H groups in total. The third-order valence-electron chi connectivity index (χ3n) is 3.72. The molecule has 0 atom stereocenters. The minimum Gasteiger partial charge on any atom is -0.457 e. The maximum absolute atomic E-state index is 12.8. The zero-order valence-electron chi connectivity index (χ0n) is 15.0. The monoisotopic (exact) mass is 407 g/mol. The van der Waals surface area contributed by atoms with Crippen molar-refractivity contribution in [2.24, 2.45) is 0 Å². The van der Waals surface area contributed by atoms with Gasteiger partial charge in [-0.1, -0.05) is 12.1 Å². The molecule has 0 radical (unpaired) electrons. The summed E-state index contributed by atoms with van der Waals surface area (Å²) in [4.78, 5) is 34.7. The van der Waals surface area contributed by atoms with Crippen LogP contribution in [0.4, 0.5) is 4.39 Å². The minimum absolute atomic E-state index is 0.0441. The van der Waals surface area contributed by atoms with Gasteiger partial charge in [0.1, 0.15) is 5.82 Å². The molecular formula is C19H18FNO6S. The van der Waals surface area contributed by atoms with Crippen molar-refractivity contribution in [1.82, 2.24) is 4.72 Å². The molecule has 0 bridgehead atoms. The molecule has 9 heteroatoms. The van der Waals surface area contributed by atoms with Gasteiger partial charge in [0, 0.05) is 17.7 Å². The van der Waals surface area contributed by atoms with E-state index in [1.165, 1.54) is 43.3 Å². The van der Waals surface area contributed by atoms with E-state index in [1.54, 1.807) is 0 Å². The maximum Gasteiger partial charge on any atom is 0.307 e. The number of carbonyl (C=O) groups is 3. The van der Waals surface area contributed by atoms with E-state index in [0.717, 1.165) is 12.1 Å². The van der Waals surface area contributed by atoms with Crippen molar-refractivity contribution >= 4 is 27.6 Å². The predicted molar refractivity (Wildman–Crippen MR) is 97.9 cm³/mol. The zero-order valence-corrected chi connectivity index (χ0v) is 15.8. The Hall–Kier alpha value is -2.91. The summed E-state index contributed by atoms with van der Waals surface area (Å²) in [6, 6.07) is 10.2. The van der Waals surface area contributed by atoms with Crippen LogP contribution in [0.2, 0.25) is 0 Å². The van der Waals surface area contributed by atoms with E-state index in [4.69, 9.17) is 4.74 Å². The van der Waals surface area contributed by atoms with Crippen molar-refractivity contribution in [3.8, 4) is 0 Å². The van der Waals surface area contributed by atoms with Gasteiger partial charge in [-0.25, -0.2) is 17.5 Å². The van der Waals surface area contributed by atoms with Gasteiger partial charge in [-0.15, -0.1) is 0 Å². The number of esters is 1. The lowest BCUT2D eigenvalue weighted by Gasteiger charge is -2.08. The molecule has 0 fully saturated rings. The Balaban J connectivity index is 1.80. The second-order valence-electron chi connectivity index (χ2n) is 5.82. The highest BCUT2D eigenvalue weighted by molar-refractivity contribution is 7.89. The lowest BCUT2D eigenvalue weighted by atomic mass is 10.1. The van der Waals surface area contributed by atoms with Crippen LogP contribution in [0.25, 0.3) is 0 Å². The number of benzene rings is 2. The van der Waals surface area contributed by atoms with E-state index in [1.807, 2.05) is 0 Å². The second-order valence-corrected chi connectivity index (χ2v) is 7.59. The second kappa shape index (κ2) is 9.34.